The minimum absolute atomic E-state index is 0.0363. The first-order chi connectivity index (χ1) is 5.16. The lowest BCUT2D eigenvalue weighted by Gasteiger charge is -2.00. The average Bonchev–Trinajstić information content (AvgIpc) is 1.97. The van der Waals surface area contributed by atoms with Gasteiger partial charge in [-0.15, -0.1) is 0 Å². The van der Waals surface area contributed by atoms with Gasteiger partial charge in [-0.2, -0.15) is 0 Å². The lowest BCUT2D eigenvalue weighted by molar-refractivity contribution is -0.120. The van der Waals surface area contributed by atoms with Crippen LogP contribution in [-0.4, -0.2) is 23.3 Å². The molecule has 0 aliphatic rings. The summed E-state index contributed by atoms with van der Waals surface area (Å²) in [4.78, 5) is 21.1. The number of rotatable bonds is 4. The van der Waals surface area contributed by atoms with Gasteiger partial charge in [0.15, 0.2) is 5.12 Å². The molecular formula is C7H13NO2S. The maximum Gasteiger partial charge on any atom is 0.219 e. The standard InChI is InChI=1S/C7H13NO2S/c1-3-7(10)8-4-5-11-6(2)9/h3-5H2,1-2H3,(H,8,10). The third-order valence-corrected chi connectivity index (χ3v) is 1.87. The fourth-order valence-corrected chi connectivity index (χ4v) is 1.00. The number of nitrogens with one attached hydrogen (secondary N) is 1. The molecular weight excluding hydrogens is 162 g/mol. The normalized spacial score (nSPS) is 9.27. The van der Waals surface area contributed by atoms with E-state index in [9.17, 15) is 9.59 Å². The lowest BCUT2D eigenvalue weighted by atomic mass is 10.4. The summed E-state index contributed by atoms with van der Waals surface area (Å²) in [5.41, 5.74) is 0. The molecule has 1 N–H and O–H groups in total. The zero-order valence-electron chi connectivity index (χ0n) is 6.85. The van der Waals surface area contributed by atoms with Crippen LogP contribution in [0.3, 0.4) is 0 Å². The summed E-state index contributed by atoms with van der Waals surface area (Å²) in [5.74, 6) is 0.704. The van der Waals surface area contributed by atoms with Crippen molar-refractivity contribution in [2.24, 2.45) is 0 Å². The van der Waals surface area contributed by atoms with Gasteiger partial charge in [0.25, 0.3) is 0 Å². The minimum atomic E-state index is 0.0363. The zero-order valence-corrected chi connectivity index (χ0v) is 7.66. The van der Waals surface area contributed by atoms with E-state index in [1.165, 1.54) is 18.7 Å². The van der Waals surface area contributed by atoms with Gasteiger partial charge in [-0.1, -0.05) is 18.7 Å². The molecule has 0 aliphatic carbocycles. The molecule has 0 radical (unpaired) electrons. The predicted molar refractivity (Wildman–Crippen MR) is 46.4 cm³/mol. The van der Waals surface area contributed by atoms with Crippen LogP contribution < -0.4 is 5.32 Å². The van der Waals surface area contributed by atoms with Crippen molar-refractivity contribution in [2.75, 3.05) is 12.3 Å². The van der Waals surface area contributed by atoms with Gasteiger partial charge in [0, 0.05) is 25.6 Å². The van der Waals surface area contributed by atoms with E-state index in [0.29, 0.717) is 18.7 Å². The van der Waals surface area contributed by atoms with Gasteiger partial charge in [-0.3, -0.25) is 9.59 Å². The van der Waals surface area contributed by atoms with Gasteiger partial charge in [-0.25, -0.2) is 0 Å². The summed E-state index contributed by atoms with van der Waals surface area (Å²) < 4.78 is 0. The van der Waals surface area contributed by atoms with Gasteiger partial charge >= 0.3 is 0 Å². The summed E-state index contributed by atoms with van der Waals surface area (Å²) in [6.07, 6.45) is 0.505. The first kappa shape index (κ1) is 10.5. The second kappa shape index (κ2) is 6.22. The second-order valence-corrected chi connectivity index (χ2v) is 3.32. The van der Waals surface area contributed by atoms with Crippen LogP contribution in [0.15, 0.2) is 0 Å². The van der Waals surface area contributed by atoms with Gasteiger partial charge in [0.05, 0.1) is 0 Å². The van der Waals surface area contributed by atoms with Crippen molar-refractivity contribution in [3.05, 3.63) is 0 Å². The molecule has 0 spiro atoms. The highest BCUT2D eigenvalue weighted by Crippen LogP contribution is 1.97. The molecule has 0 aliphatic heterocycles. The number of hydrogen-bond donors (Lipinski definition) is 1. The maximum absolute atomic E-state index is 10.7. The van der Waals surface area contributed by atoms with Crippen molar-refractivity contribution in [3.63, 3.8) is 0 Å². The number of amides is 1. The van der Waals surface area contributed by atoms with E-state index < -0.39 is 0 Å². The highest BCUT2D eigenvalue weighted by molar-refractivity contribution is 8.13. The quantitative estimate of drug-likeness (QED) is 0.643. The monoisotopic (exact) mass is 175 g/mol. The number of hydrogen-bond acceptors (Lipinski definition) is 3. The first-order valence-corrected chi connectivity index (χ1v) is 4.55. The Labute approximate surface area is 70.9 Å². The molecule has 0 atom stereocenters. The molecule has 64 valence electrons. The summed E-state index contributed by atoms with van der Waals surface area (Å²) in [5, 5.41) is 2.77. The number of carbonyl (C=O) groups excluding carboxylic acids is 2. The largest absolute Gasteiger partial charge is 0.355 e. The summed E-state index contributed by atoms with van der Waals surface area (Å²) >= 11 is 1.23. The molecule has 0 saturated carbocycles. The minimum Gasteiger partial charge on any atom is -0.355 e. The van der Waals surface area contributed by atoms with E-state index in [1.54, 1.807) is 6.92 Å². The summed E-state index contributed by atoms with van der Waals surface area (Å²) in [7, 11) is 0. The Morgan fingerprint density at radius 1 is 1.45 bits per heavy atom. The van der Waals surface area contributed by atoms with Crippen LogP contribution in [0.2, 0.25) is 0 Å². The number of carbonyl (C=O) groups is 2. The lowest BCUT2D eigenvalue weighted by Crippen LogP contribution is -2.24. The Bertz CT molecular complexity index is 147. The van der Waals surface area contributed by atoms with Crippen molar-refractivity contribution in [2.45, 2.75) is 20.3 Å². The molecule has 0 unspecified atom stereocenters. The van der Waals surface area contributed by atoms with Gasteiger partial charge < -0.3 is 5.32 Å². The summed E-state index contributed by atoms with van der Waals surface area (Å²) in [6, 6.07) is 0. The molecule has 4 heteroatoms. The Hall–Kier alpha value is -0.510. The maximum atomic E-state index is 10.7. The van der Waals surface area contributed by atoms with Crippen LogP contribution in [0.1, 0.15) is 20.3 Å². The van der Waals surface area contributed by atoms with Gasteiger partial charge in [-0.05, 0) is 0 Å². The van der Waals surface area contributed by atoms with Crippen molar-refractivity contribution >= 4 is 22.8 Å². The van der Waals surface area contributed by atoms with Crippen LogP contribution in [0.25, 0.3) is 0 Å². The SMILES string of the molecule is CCC(=O)NCCSC(C)=O. The fraction of sp³-hybridized carbons (Fsp3) is 0.714. The molecule has 0 heterocycles. The highest BCUT2D eigenvalue weighted by Gasteiger charge is 1.96. The topological polar surface area (TPSA) is 46.2 Å². The summed E-state index contributed by atoms with van der Waals surface area (Å²) in [6.45, 7) is 3.90. The fourth-order valence-electron chi connectivity index (χ4n) is 0.510. The van der Waals surface area contributed by atoms with Gasteiger partial charge in [0.1, 0.15) is 0 Å². The van der Waals surface area contributed by atoms with E-state index in [2.05, 4.69) is 5.32 Å². The Kier molecular flexibility index (Phi) is 5.93. The van der Waals surface area contributed by atoms with Crippen LogP contribution in [0.5, 0.6) is 0 Å². The van der Waals surface area contributed by atoms with E-state index >= 15 is 0 Å². The molecule has 0 aromatic carbocycles. The van der Waals surface area contributed by atoms with E-state index in [0.717, 1.165) is 0 Å². The van der Waals surface area contributed by atoms with Crippen LogP contribution >= 0.6 is 11.8 Å². The molecule has 0 saturated heterocycles. The molecule has 3 nitrogen and oxygen atoms in total. The Morgan fingerprint density at radius 2 is 2.09 bits per heavy atom. The first-order valence-electron chi connectivity index (χ1n) is 3.57. The molecule has 0 aromatic heterocycles. The van der Waals surface area contributed by atoms with Crippen molar-refractivity contribution in [3.8, 4) is 0 Å². The third-order valence-electron chi connectivity index (χ3n) is 1.05. The molecule has 0 bridgehead atoms. The van der Waals surface area contributed by atoms with Crippen LogP contribution in [0, 0.1) is 0 Å². The molecule has 0 rings (SSSR count). The van der Waals surface area contributed by atoms with Crippen LogP contribution in [0.4, 0.5) is 0 Å². The van der Waals surface area contributed by atoms with Gasteiger partial charge in [0.2, 0.25) is 5.91 Å². The third kappa shape index (κ3) is 7.39. The Balaban J connectivity index is 3.14. The molecule has 1 amide bonds. The predicted octanol–water partition coefficient (Wildman–Crippen LogP) is 0.792. The highest BCUT2D eigenvalue weighted by atomic mass is 32.2. The van der Waals surface area contributed by atoms with Crippen molar-refractivity contribution in [1.29, 1.82) is 0 Å². The Morgan fingerprint density at radius 3 is 2.55 bits per heavy atom. The van der Waals surface area contributed by atoms with E-state index in [4.69, 9.17) is 0 Å². The van der Waals surface area contributed by atoms with Crippen molar-refractivity contribution < 1.29 is 9.59 Å². The zero-order chi connectivity index (χ0) is 8.69. The molecule has 11 heavy (non-hydrogen) atoms. The number of thioether (sulfide) groups is 1. The molecule has 0 fully saturated rings. The van der Waals surface area contributed by atoms with Crippen molar-refractivity contribution in [1.82, 2.24) is 5.32 Å². The average molecular weight is 175 g/mol. The van der Waals surface area contributed by atoms with E-state index in [-0.39, 0.29) is 11.0 Å². The van der Waals surface area contributed by atoms with Crippen LogP contribution in [-0.2, 0) is 9.59 Å². The second-order valence-electron chi connectivity index (χ2n) is 2.04. The smallest absolute Gasteiger partial charge is 0.219 e. The molecule has 0 aromatic rings. The van der Waals surface area contributed by atoms with E-state index in [1.807, 2.05) is 0 Å².